The van der Waals surface area contributed by atoms with E-state index in [-0.39, 0.29) is 11.7 Å². The monoisotopic (exact) mass is 251 g/mol. The quantitative estimate of drug-likeness (QED) is 0.748. The molecule has 1 aromatic carbocycles. The predicted molar refractivity (Wildman–Crippen MR) is 70.8 cm³/mol. The second-order valence-corrected chi connectivity index (χ2v) is 4.58. The molecule has 1 unspecified atom stereocenters. The van der Waals surface area contributed by atoms with Gasteiger partial charge in [0.2, 0.25) is 0 Å². The fraction of sp³-hybridized carbons (Fsp3) is 0.500. The molecule has 100 valence electrons. The van der Waals surface area contributed by atoms with Crippen LogP contribution in [0, 0.1) is 13.8 Å². The number of amides is 1. The van der Waals surface area contributed by atoms with E-state index >= 15 is 0 Å². The average molecular weight is 251 g/mol. The third-order valence-electron chi connectivity index (χ3n) is 2.92. The van der Waals surface area contributed by atoms with E-state index in [9.17, 15) is 15.0 Å². The van der Waals surface area contributed by atoms with Crippen LogP contribution in [-0.4, -0.2) is 28.8 Å². The number of hydrogen-bond donors (Lipinski definition) is 3. The lowest BCUT2D eigenvalue weighted by atomic mass is 10.0. The Hall–Kier alpha value is -1.55. The van der Waals surface area contributed by atoms with E-state index in [2.05, 4.69) is 5.32 Å². The van der Waals surface area contributed by atoms with Gasteiger partial charge in [-0.1, -0.05) is 13.0 Å². The van der Waals surface area contributed by atoms with Crippen molar-refractivity contribution in [2.45, 2.75) is 39.7 Å². The van der Waals surface area contributed by atoms with Gasteiger partial charge in [-0.3, -0.25) is 4.79 Å². The van der Waals surface area contributed by atoms with Crippen LogP contribution in [0.4, 0.5) is 0 Å². The van der Waals surface area contributed by atoms with E-state index in [1.54, 1.807) is 13.0 Å². The number of nitrogens with one attached hydrogen (secondary N) is 1. The molecule has 1 rings (SSSR count). The maximum Gasteiger partial charge on any atom is 0.255 e. The average Bonchev–Trinajstić information content (AvgIpc) is 2.33. The van der Waals surface area contributed by atoms with Crippen molar-refractivity contribution in [1.29, 1.82) is 0 Å². The van der Waals surface area contributed by atoms with Gasteiger partial charge in [-0.25, -0.2) is 0 Å². The van der Waals surface area contributed by atoms with Crippen molar-refractivity contribution >= 4 is 5.91 Å². The van der Waals surface area contributed by atoms with E-state index in [0.29, 0.717) is 30.5 Å². The lowest BCUT2D eigenvalue weighted by Gasteiger charge is -2.11. The normalized spacial score (nSPS) is 12.2. The van der Waals surface area contributed by atoms with Gasteiger partial charge in [0.05, 0.1) is 11.7 Å². The molecule has 0 aliphatic heterocycles. The minimum Gasteiger partial charge on any atom is -0.507 e. The zero-order valence-corrected chi connectivity index (χ0v) is 11.2. The lowest BCUT2D eigenvalue weighted by molar-refractivity contribution is 0.0939. The molecule has 3 N–H and O–H groups in total. The number of benzene rings is 1. The van der Waals surface area contributed by atoms with Gasteiger partial charge in [0.15, 0.2) is 0 Å². The van der Waals surface area contributed by atoms with Gasteiger partial charge < -0.3 is 15.5 Å². The number of carbonyl (C=O) groups is 1. The Kier molecular flexibility index (Phi) is 5.16. The molecule has 0 aromatic heterocycles. The zero-order chi connectivity index (χ0) is 13.7. The molecule has 0 saturated carbocycles. The van der Waals surface area contributed by atoms with Gasteiger partial charge in [0.25, 0.3) is 5.91 Å². The second kappa shape index (κ2) is 6.40. The number of aryl methyl sites for hydroxylation is 2. The molecule has 0 fully saturated rings. The van der Waals surface area contributed by atoms with E-state index in [4.69, 9.17) is 0 Å². The van der Waals surface area contributed by atoms with Crippen molar-refractivity contribution in [1.82, 2.24) is 5.32 Å². The van der Waals surface area contributed by atoms with E-state index in [1.165, 1.54) is 0 Å². The maximum atomic E-state index is 11.9. The van der Waals surface area contributed by atoms with Gasteiger partial charge in [-0.05, 0) is 43.9 Å². The molecule has 0 heterocycles. The minimum atomic E-state index is -0.391. The Morgan fingerprint density at radius 3 is 2.67 bits per heavy atom. The van der Waals surface area contributed by atoms with Crippen LogP contribution in [0.2, 0.25) is 0 Å². The molecule has 4 heteroatoms. The number of carbonyl (C=O) groups excluding carboxylic acids is 1. The van der Waals surface area contributed by atoms with Crippen molar-refractivity contribution in [2.75, 3.05) is 6.54 Å². The summed E-state index contributed by atoms with van der Waals surface area (Å²) < 4.78 is 0. The van der Waals surface area contributed by atoms with Crippen LogP contribution >= 0.6 is 0 Å². The zero-order valence-electron chi connectivity index (χ0n) is 11.2. The summed E-state index contributed by atoms with van der Waals surface area (Å²) in [6.07, 6.45) is 0.802. The first-order valence-electron chi connectivity index (χ1n) is 6.22. The van der Waals surface area contributed by atoms with Gasteiger partial charge in [0, 0.05) is 6.54 Å². The molecule has 0 radical (unpaired) electrons. The Bertz CT molecular complexity index is 429. The summed E-state index contributed by atoms with van der Waals surface area (Å²) >= 11 is 0. The molecule has 0 aliphatic carbocycles. The summed E-state index contributed by atoms with van der Waals surface area (Å²) in [5.41, 5.74) is 1.91. The summed E-state index contributed by atoms with van der Waals surface area (Å²) in [7, 11) is 0. The number of aliphatic hydroxyl groups excluding tert-OH is 1. The molecule has 18 heavy (non-hydrogen) atoms. The number of phenolic OH excluding ortho intramolecular Hbond substituents is 1. The Balaban J connectivity index is 2.67. The van der Waals surface area contributed by atoms with Crippen molar-refractivity contribution in [2.24, 2.45) is 0 Å². The highest BCUT2D eigenvalue weighted by molar-refractivity contribution is 5.97. The van der Waals surface area contributed by atoms with Gasteiger partial charge in [-0.2, -0.15) is 0 Å². The van der Waals surface area contributed by atoms with Crippen molar-refractivity contribution in [3.63, 3.8) is 0 Å². The molecule has 0 aliphatic rings. The number of aliphatic hydroxyl groups is 1. The van der Waals surface area contributed by atoms with Crippen LogP contribution < -0.4 is 5.32 Å². The highest BCUT2D eigenvalue weighted by Crippen LogP contribution is 2.23. The molecule has 1 aromatic rings. The van der Waals surface area contributed by atoms with Gasteiger partial charge in [0.1, 0.15) is 5.75 Å². The largest absolute Gasteiger partial charge is 0.507 e. The highest BCUT2D eigenvalue weighted by atomic mass is 16.3. The molecule has 1 amide bonds. The predicted octanol–water partition coefficient (Wildman–Crippen LogP) is 1.90. The van der Waals surface area contributed by atoms with Crippen molar-refractivity contribution in [3.8, 4) is 5.75 Å². The molecule has 0 bridgehead atoms. The SMILES string of the molecule is CCC(O)CCNC(=O)c1cc(C)cc(C)c1O. The Morgan fingerprint density at radius 1 is 1.39 bits per heavy atom. The van der Waals surface area contributed by atoms with Crippen LogP contribution in [0.15, 0.2) is 12.1 Å². The first kappa shape index (κ1) is 14.5. The van der Waals surface area contributed by atoms with Crippen molar-refractivity contribution in [3.05, 3.63) is 28.8 Å². The smallest absolute Gasteiger partial charge is 0.255 e. The first-order valence-corrected chi connectivity index (χ1v) is 6.22. The lowest BCUT2D eigenvalue weighted by Crippen LogP contribution is -2.27. The fourth-order valence-electron chi connectivity index (χ4n) is 1.78. The molecule has 1 atom stereocenters. The van der Waals surface area contributed by atoms with E-state index < -0.39 is 6.10 Å². The maximum absolute atomic E-state index is 11.9. The molecule has 0 spiro atoms. The fourth-order valence-corrected chi connectivity index (χ4v) is 1.78. The van der Waals surface area contributed by atoms with Crippen LogP contribution in [0.5, 0.6) is 5.75 Å². The number of aromatic hydroxyl groups is 1. The first-order chi connectivity index (χ1) is 8.45. The third-order valence-corrected chi connectivity index (χ3v) is 2.92. The summed E-state index contributed by atoms with van der Waals surface area (Å²) in [5.74, 6) is -0.281. The summed E-state index contributed by atoms with van der Waals surface area (Å²) in [4.78, 5) is 11.9. The van der Waals surface area contributed by atoms with Crippen LogP contribution in [-0.2, 0) is 0 Å². The number of phenols is 1. The highest BCUT2D eigenvalue weighted by Gasteiger charge is 2.13. The Labute approximate surface area is 108 Å². The number of rotatable bonds is 5. The molecule has 0 saturated heterocycles. The third kappa shape index (κ3) is 3.74. The summed E-state index contributed by atoms with van der Waals surface area (Å²) in [5, 5.41) is 21.9. The minimum absolute atomic E-state index is 0.0224. The second-order valence-electron chi connectivity index (χ2n) is 4.58. The van der Waals surface area contributed by atoms with Crippen molar-refractivity contribution < 1.29 is 15.0 Å². The molecular weight excluding hydrogens is 230 g/mol. The summed E-state index contributed by atoms with van der Waals surface area (Å²) in [6.45, 7) is 5.94. The molecule has 4 nitrogen and oxygen atoms in total. The Morgan fingerprint density at radius 2 is 2.06 bits per heavy atom. The van der Waals surface area contributed by atoms with Crippen LogP contribution in [0.3, 0.4) is 0 Å². The topological polar surface area (TPSA) is 69.6 Å². The van der Waals surface area contributed by atoms with Crippen LogP contribution in [0.25, 0.3) is 0 Å². The van der Waals surface area contributed by atoms with E-state index in [1.807, 2.05) is 19.9 Å². The van der Waals surface area contributed by atoms with E-state index in [0.717, 1.165) is 5.56 Å². The van der Waals surface area contributed by atoms with Crippen LogP contribution in [0.1, 0.15) is 41.3 Å². The molecular formula is C14H21NO3. The summed E-state index contributed by atoms with van der Waals surface area (Å²) in [6, 6.07) is 3.49. The van der Waals surface area contributed by atoms with Gasteiger partial charge >= 0.3 is 0 Å². The number of hydrogen-bond acceptors (Lipinski definition) is 3. The standard InChI is InChI=1S/C14H21NO3/c1-4-11(16)5-6-15-14(18)12-8-9(2)7-10(3)13(12)17/h7-8,11,16-17H,4-6H2,1-3H3,(H,15,18). The van der Waals surface area contributed by atoms with Gasteiger partial charge in [-0.15, -0.1) is 0 Å².